The van der Waals surface area contributed by atoms with Gasteiger partial charge in [0.15, 0.2) is 11.5 Å². The van der Waals surface area contributed by atoms with Crippen molar-refractivity contribution in [1.29, 1.82) is 0 Å². The molecule has 112 valence electrons. The van der Waals surface area contributed by atoms with Gasteiger partial charge in [-0.05, 0) is 12.1 Å². The van der Waals surface area contributed by atoms with Crippen molar-refractivity contribution in [3.8, 4) is 11.5 Å². The van der Waals surface area contributed by atoms with Crippen LogP contribution in [-0.4, -0.2) is 51.1 Å². The summed E-state index contributed by atoms with van der Waals surface area (Å²) >= 11 is 0. The molecule has 0 saturated carbocycles. The molecule has 0 amide bonds. The van der Waals surface area contributed by atoms with Gasteiger partial charge in [-0.2, -0.15) is 0 Å². The highest BCUT2D eigenvalue weighted by Crippen LogP contribution is 2.31. The lowest BCUT2D eigenvalue weighted by Gasteiger charge is -2.15. The Bertz CT molecular complexity index is 555. The molecule has 0 atom stereocenters. The zero-order chi connectivity index (χ0) is 14.6. The molecular weight excluding hydrogens is 286 g/mol. The molecule has 0 saturated heterocycles. The summed E-state index contributed by atoms with van der Waals surface area (Å²) in [6.07, 6.45) is 0.728. The van der Waals surface area contributed by atoms with Gasteiger partial charge in [-0.25, -0.2) is 13.1 Å². The van der Waals surface area contributed by atoms with Crippen molar-refractivity contribution in [2.75, 3.05) is 26.4 Å². The second-order valence-electron chi connectivity index (χ2n) is 4.34. The number of ether oxygens (including phenoxy) is 2. The molecule has 0 aliphatic carbocycles. The van der Waals surface area contributed by atoms with Gasteiger partial charge in [0.05, 0.1) is 37.4 Å². The largest absolute Gasteiger partial charge is 0.490 e. The SMILES string of the molecule is O=S(=O)(NC(CO)CO)c1ccc2c(c1)OCCCO2. The average Bonchev–Trinajstić information content (AvgIpc) is 2.69. The third-order valence-electron chi connectivity index (χ3n) is 2.79. The van der Waals surface area contributed by atoms with Crippen LogP contribution in [0.5, 0.6) is 11.5 Å². The van der Waals surface area contributed by atoms with Crippen molar-refractivity contribution >= 4 is 10.0 Å². The van der Waals surface area contributed by atoms with Crippen molar-refractivity contribution < 1.29 is 28.1 Å². The fourth-order valence-electron chi connectivity index (χ4n) is 1.73. The second-order valence-corrected chi connectivity index (χ2v) is 6.06. The molecule has 0 spiro atoms. The number of hydrogen-bond donors (Lipinski definition) is 3. The Morgan fingerprint density at radius 1 is 1.15 bits per heavy atom. The number of fused-ring (bicyclic) bond motifs is 1. The smallest absolute Gasteiger partial charge is 0.241 e. The zero-order valence-corrected chi connectivity index (χ0v) is 11.6. The normalized spacial score (nSPS) is 15.2. The molecule has 2 rings (SSSR count). The maximum Gasteiger partial charge on any atom is 0.241 e. The Kier molecular flexibility index (Phi) is 4.81. The summed E-state index contributed by atoms with van der Waals surface area (Å²) in [5, 5.41) is 17.9. The van der Waals surface area contributed by atoms with Crippen LogP contribution in [0.25, 0.3) is 0 Å². The van der Waals surface area contributed by atoms with Gasteiger partial charge < -0.3 is 19.7 Å². The van der Waals surface area contributed by atoms with Crippen LogP contribution >= 0.6 is 0 Å². The van der Waals surface area contributed by atoms with E-state index < -0.39 is 29.3 Å². The van der Waals surface area contributed by atoms with Gasteiger partial charge in [0.25, 0.3) is 0 Å². The summed E-state index contributed by atoms with van der Waals surface area (Å²) in [6, 6.07) is 3.36. The van der Waals surface area contributed by atoms with Crippen LogP contribution in [0.2, 0.25) is 0 Å². The Morgan fingerprint density at radius 3 is 2.45 bits per heavy atom. The van der Waals surface area contributed by atoms with E-state index in [0.717, 1.165) is 6.42 Å². The fourth-order valence-corrected chi connectivity index (χ4v) is 2.96. The summed E-state index contributed by atoms with van der Waals surface area (Å²) < 4.78 is 37.3. The third-order valence-corrected chi connectivity index (χ3v) is 4.31. The first-order chi connectivity index (χ1) is 9.56. The van der Waals surface area contributed by atoms with Crippen LogP contribution < -0.4 is 14.2 Å². The number of aliphatic hydroxyl groups excluding tert-OH is 2. The van der Waals surface area contributed by atoms with Gasteiger partial charge >= 0.3 is 0 Å². The molecule has 0 fully saturated rings. The van der Waals surface area contributed by atoms with Gasteiger partial charge in [0, 0.05) is 12.5 Å². The standard InChI is InChI=1S/C12H17NO6S/c14-7-9(8-15)13-20(16,17)10-2-3-11-12(6-10)19-5-1-4-18-11/h2-3,6,9,13-15H,1,4-5,7-8H2. The molecule has 20 heavy (non-hydrogen) atoms. The lowest BCUT2D eigenvalue weighted by Crippen LogP contribution is -2.39. The highest BCUT2D eigenvalue weighted by molar-refractivity contribution is 7.89. The van der Waals surface area contributed by atoms with E-state index in [9.17, 15) is 8.42 Å². The summed E-state index contributed by atoms with van der Waals surface area (Å²) in [5.74, 6) is 0.872. The lowest BCUT2D eigenvalue weighted by molar-refractivity contribution is 0.185. The predicted molar refractivity (Wildman–Crippen MR) is 70.3 cm³/mol. The van der Waals surface area contributed by atoms with Gasteiger partial charge in [0.2, 0.25) is 10.0 Å². The van der Waals surface area contributed by atoms with Gasteiger partial charge in [0.1, 0.15) is 0 Å². The minimum atomic E-state index is -3.83. The first-order valence-corrected chi connectivity index (χ1v) is 7.69. The van der Waals surface area contributed by atoms with Crippen LogP contribution in [0.1, 0.15) is 6.42 Å². The Balaban J connectivity index is 2.26. The van der Waals surface area contributed by atoms with Crippen LogP contribution in [0, 0.1) is 0 Å². The van der Waals surface area contributed by atoms with E-state index >= 15 is 0 Å². The average molecular weight is 303 g/mol. The minimum Gasteiger partial charge on any atom is -0.490 e. The first-order valence-electron chi connectivity index (χ1n) is 6.20. The maximum absolute atomic E-state index is 12.1. The molecule has 0 radical (unpaired) electrons. The number of hydrogen-bond acceptors (Lipinski definition) is 6. The van der Waals surface area contributed by atoms with Crippen molar-refractivity contribution in [2.45, 2.75) is 17.4 Å². The molecule has 0 unspecified atom stereocenters. The van der Waals surface area contributed by atoms with Crippen LogP contribution in [0.3, 0.4) is 0 Å². The minimum absolute atomic E-state index is 0.00588. The fraction of sp³-hybridized carbons (Fsp3) is 0.500. The Morgan fingerprint density at radius 2 is 1.80 bits per heavy atom. The van der Waals surface area contributed by atoms with E-state index in [4.69, 9.17) is 19.7 Å². The van der Waals surface area contributed by atoms with Crippen molar-refractivity contribution in [3.63, 3.8) is 0 Å². The van der Waals surface area contributed by atoms with Crippen molar-refractivity contribution in [3.05, 3.63) is 18.2 Å². The molecule has 0 aromatic heterocycles. The van der Waals surface area contributed by atoms with Crippen molar-refractivity contribution in [1.82, 2.24) is 4.72 Å². The predicted octanol–water partition coefficient (Wildman–Crippen LogP) is -0.521. The van der Waals surface area contributed by atoms with Crippen LogP contribution in [0.4, 0.5) is 0 Å². The quantitative estimate of drug-likeness (QED) is 0.676. The van der Waals surface area contributed by atoms with Crippen molar-refractivity contribution in [2.24, 2.45) is 0 Å². The van der Waals surface area contributed by atoms with E-state index in [2.05, 4.69) is 4.72 Å². The van der Waals surface area contributed by atoms with E-state index in [0.29, 0.717) is 24.7 Å². The monoisotopic (exact) mass is 303 g/mol. The number of benzene rings is 1. The molecule has 0 bridgehead atoms. The van der Waals surface area contributed by atoms with Crippen LogP contribution in [0.15, 0.2) is 23.1 Å². The number of nitrogens with one attached hydrogen (secondary N) is 1. The van der Waals surface area contributed by atoms with Gasteiger partial charge in [-0.1, -0.05) is 0 Å². The number of rotatable bonds is 5. The molecule has 1 aromatic carbocycles. The zero-order valence-electron chi connectivity index (χ0n) is 10.8. The van der Waals surface area contributed by atoms with Gasteiger partial charge in [-0.3, -0.25) is 0 Å². The number of sulfonamides is 1. The molecule has 7 nitrogen and oxygen atoms in total. The third kappa shape index (κ3) is 3.40. The van der Waals surface area contributed by atoms with E-state index in [1.54, 1.807) is 0 Å². The van der Waals surface area contributed by atoms with E-state index in [1.165, 1.54) is 18.2 Å². The molecule has 3 N–H and O–H groups in total. The summed E-state index contributed by atoms with van der Waals surface area (Å²) in [6.45, 7) is 0.00877. The molecule has 8 heteroatoms. The Hall–Kier alpha value is -1.35. The summed E-state index contributed by atoms with van der Waals surface area (Å²) in [7, 11) is -3.83. The summed E-state index contributed by atoms with van der Waals surface area (Å²) in [5.41, 5.74) is 0. The van der Waals surface area contributed by atoms with Crippen LogP contribution in [-0.2, 0) is 10.0 Å². The highest BCUT2D eigenvalue weighted by atomic mass is 32.2. The molecule has 1 heterocycles. The molecule has 1 aromatic rings. The molecular formula is C12H17NO6S. The highest BCUT2D eigenvalue weighted by Gasteiger charge is 2.21. The first kappa shape index (κ1) is 15.0. The summed E-state index contributed by atoms with van der Waals surface area (Å²) in [4.78, 5) is -0.00588. The number of aliphatic hydroxyl groups is 2. The van der Waals surface area contributed by atoms with Gasteiger partial charge in [-0.15, -0.1) is 0 Å². The van der Waals surface area contributed by atoms with E-state index in [-0.39, 0.29) is 4.90 Å². The maximum atomic E-state index is 12.1. The molecule has 1 aliphatic rings. The lowest BCUT2D eigenvalue weighted by atomic mass is 10.3. The topological polar surface area (TPSA) is 105 Å². The molecule has 1 aliphatic heterocycles. The second kappa shape index (κ2) is 6.40. The Labute approximate surface area is 117 Å². The van der Waals surface area contributed by atoms with E-state index in [1.807, 2.05) is 0 Å².